The van der Waals surface area contributed by atoms with Crippen LogP contribution in [0.4, 0.5) is 10.1 Å². The van der Waals surface area contributed by atoms with E-state index in [9.17, 15) is 9.18 Å². The summed E-state index contributed by atoms with van der Waals surface area (Å²) < 4.78 is 14.3. The van der Waals surface area contributed by atoms with Crippen molar-refractivity contribution in [1.82, 2.24) is 9.97 Å². The Kier molecular flexibility index (Phi) is 4.18. The third kappa shape index (κ3) is 3.32. The van der Waals surface area contributed by atoms with Crippen molar-refractivity contribution in [2.45, 2.75) is 6.92 Å². The summed E-state index contributed by atoms with van der Waals surface area (Å²) in [7, 11) is 0. The summed E-state index contributed by atoms with van der Waals surface area (Å²) in [5.41, 5.74) is 4.03. The predicted molar refractivity (Wildman–Crippen MR) is 102 cm³/mol. The van der Waals surface area contributed by atoms with Crippen molar-refractivity contribution in [2.24, 2.45) is 0 Å². The van der Waals surface area contributed by atoms with Gasteiger partial charge in [0.1, 0.15) is 5.01 Å². The van der Waals surface area contributed by atoms with Gasteiger partial charge in [-0.3, -0.25) is 4.79 Å². The minimum absolute atomic E-state index is 0.225. The fourth-order valence-electron chi connectivity index (χ4n) is 2.60. The molecular formula is C20H14FN3OS. The van der Waals surface area contributed by atoms with Gasteiger partial charge in [-0.05, 0) is 55.0 Å². The first-order valence-corrected chi connectivity index (χ1v) is 8.81. The van der Waals surface area contributed by atoms with Gasteiger partial charge in [-0.2, -0.15) is 4.39 Å². The third-order valence-electron chi connectivity index (χ3n) is 3.92. The topological polar surface area (TPSA) is 54.9 Å². The second-order valence-electron chi connectivity index (χ2n) is 5.89. The number of nitrogens with one attached hydrogen (secondary N) is 1. The Labute approximate surface area is 153 Å². The maximum Gasteiger partial charge on any atom is 0.255 e. The SMILES string of the molecule is Cc1ccc2nc(-c3ccc(NC(=O)c4ccnc(F)c4)cc3)sc2c1. The van der Waals surface area contributed by atoms with E-state index in [-0.39, 0.29) is 11.5 Å². The number of thiazole rings is 1. The van der Waals surface area contributed by atoms with Crippen molar-refractivity contribution in [3.05, 3.63) is 77.9 Å². The van der Waals surface area contributed by atoms with Crippen molar-refractivity contribution in [3.8, 4) is 10.6 Å². The molecular weight excluding hydrogens is 349 g/mol. The van der Waals surface area contributed by atoms with Crippen molar-refractivity contribution in [2.75, 3.05) is 5.32 Å². The molecule has 0 radical (unpaired) electrons. The molecule has 4 rings (SSSR count). The molecule has 0 atom stereocenters. The summed E-state index contributed by atoms with van der Waals surface area (Å²) in [6, 6.07) is 16.2. The number of carbonyl (C=O) groups is 1. The summed E-state index contributed by atoms with van der Waals surface area (Å²) in [5.74, 6) is -1.06. The first-order chi connectivity index (χ1) is 12.6. The van der Waals surface area contributed by atoms with E-state index in [2.05, 4.69) is 28.3 Å². The van der Waals surface area contributed by atoms with E-state index in [0.717, 1.165) is 26.9 Å². The Morgan fingerprint density at radius 3 is 2.65 bits per heavy atom. The molecule has 4 aromatic rings. The molecule has 0 aliphatic rings. The largest absolute Gasteiger partial charge is 0.322 e. The lowest BCUT2D eigenvalue weighted by atomic mass is 10.2. The normalized spacial score (nSPS) is 10.8. The van der Waals surface area contributed by atoms with Crippen LogP contribution in [0.25, 0.3) is 20.8 Å². The summed E-state index contributed by atoms with van der Waals surface area (Å²) in [5, 5.41) is 3.68. The Balaban J connectivity index is 1.55. The van der Waals surface area contributed by atoms with E-state index in [0.29, 0.717) is 5.69 Å². The van der Waals surface area contributed by atoms with Crippen LogP contribution < -0.4 is 5.32 Å². The monoisotopic (exact) mass is 363 g/mol. The summed E-state index contributed by atoms with van der Waals surface area (Å²) in [6.45, 7) is 2.06. The van der Waals surface area contributed by atoms with Crippen molar-refractivity contribution in [3.63, 3.8) is 0 Å². The number of anilines is 1. The van der Waals surface area contributed by atoms with Crippen LogP contribution in [0.3, 0.4) is 0 Å². The third-order valence-corrected chi connectivity index (χ3v) is 4.99. The van der Waals surface area contributed by atoms with E-state index in [1.165, 1.54) is 17.8 Å². The van der Waals surface area contributed by atoms with Crippen LogP contribution in [0.5, 0.6) is 0 Å². The number of carbonyl (C=O) groups excluding carboxylic acids is 1. The average molecular weight is 363 g/mol. The highest BCUT2D eigenvalue weighted by atomic mass is 32.1. The minimum Gasteiger partial charge on any atom is -0.322 e. The maximum atomic E-state index is 13.1. The molecule has 4 nitrogen and oxygen atoms in total. The lowest BCUT2D eigenvalue weighted by Gasteiger charge is -2.06. The molecule has 0 spiro atoms. The standard InChI is InChI=1S/C20H14FN3OS/c1-12-2-7-16-17(10-12)26-20(24-16)13-3-5-15(6-4-13)23-19(25)14-8-9-22-18(21)11-14/h2-11H,1H3,(H,23,25). The molecule has 2 aromatic heterocycles. The van der Waals surface area contributed by atoms with E-state index < -0.39 is 5.95 Å². The van der Waals surface area contributed by atoms with E-state index in [1.54, 1.807) is 11.3 Å². The summed E-state index contributed by atoms with van der Waals surface area (Å²) in [6.07, 6.45) is 1.27. The number of amides is 1. The van der Waals surface area contributed by atoms with Gasteiger partial charge in [0.2, 0.25) is 5.95 Å². The Morgan fingerprint density at radius 2 is 1.88 bits per heavy atom. The lowest BCUT2D eigenvalue weighted by Crippen LogP contribution is -2.12. The molecule has 2 aromatic carbocycles. The number of rotatable bonds is 3. The van der Waals surface area contributed by atoms with Gasteiger partial charge in [0.25, 0.3) is 5.91 Å². The Hall–Kier alpha value is -3.12. The van der Waals surface area contributed by atoms with Gasteiger partial charge in [0.15, 0.2) is 0 Å². The van der Waals surface area contributed by atoms with Gasteiger partial charge in [-0.1, -0.05) is 6.07 Å². The van der Waals surface area contributed by atoms with Crippen LogP contribution in [-0.4, -0.2) is 15.9 Å². The number of aromatic nitrogens is 2. The zero-order chi connectivity index (χ0) is 18.1. The smallest absolute Gasteiger partial charge is 0.255 e. The van der Waals surface area contributed by atoms with E-state index in [1.807, 2.05) is 36.4 Å². The van der Waals surface area contributed by atoms with Crippen molar-refractivity contribution in [1.29, 1.82) is 0 Å². The van der Waals surface area contributed by atoms with Crippen molar-refractivity contribution >= 4 is 33.1 Å². The molecule has 128 valence electrons. The van der Waals surface area contributed by atoms with Crippen LogP contribution in [0.1, 0.15) is 15.9 Å². The number of halogens is 1. The number of pyridine rings is 1. The number of nitrogens with zero attached hydrogens (tertiary/aromatic N) is 2. The van der Waals surface area contributed by atoms with E-state index >= 15 is 0 Å². The first kappa shape index (κ1) is 16.4. The van der Waals surface area contributed by atoms with Gasteiger partial charge in [0, 0.05) is 29.1 Å². The van der Waals surface area contributed by atoms with Gasteiger partial charge >= 0.3 is 0 Å². The van der Waals surface area contributed by atoms with E-state index in [4.69, 9.17) is 0 Å². The molecule has 0 saturated heterocycles. The molecule has 1 N–H and O–H groups in total. The molecule has 0 fully saturated rings. The number of hydrogen-bond acceptors (Lipinski definition) is 4. The van der Waals surface area contributed by atoms with Crippen molar-refractivity contribution < 1.29 is 9.18 Å². The van der Waals surface area contributed by atoms with Gasteiger partial charge in [-0.15, -0.1) is 11.3 Å². The zero-order valence-electron chi connectivity index (χ0n) is 13.9. The fraction of sp³-hybridized carbons (Fsp3) is 0.0500. The number of fused-ring (bicyclic) bond motifs is 1. The molecule has 0 aliphatic carbocycles. The molecule has 0 unspecified atom stereocenters. The highest BCUT2D eigenvalue weighted by Gasteiger charge is 2.09. The van der Waals surface area contributed by atoms with Gasteiger partial charge in [0.05, 0.1) is 10.2 Å². The van der Waals surface area contributed by atoms with Crippen LogP contribution >= 0.6 is 11.3 Å². The molecule has 0 saturated carbocycles. The fourth-order valence-corrected chi connectivity index (χ4v) is 3.67. The zero-order valence-corrected chi connectivity index (χ0v) is 14.7. The first-order valence-electron chi connectivity index (χ1n) is 7.99. The van der Waals surface area contributed by atoms with Gasteiger partial charge < -0.3 is 5.32 Å². The maximum absolute atomic E-state index is 13.1. The van der Waals surface area contributed by atoms with Crippen LogP contribution in [0.2, 0.25) is 0 Å². The molecule has 26 heavy (non-hydrogen) atoms. The highest BCUT2D eigenvalue weighted by Crippen LogP contribution is 2.31. The molecule has 6 heteroatoms. The molecule has 2 heterocycles. The summed E-state index contributed by atoms with van der Waals surface area (Å²) in [4.78, 5) is 20.3. The molecule has 1 amide bonds. The Bertz CT molecular complexity index is 1110. The minimum atomic E-state index is -0.681. The van der Waals surface area contributed by atoms with Crippen LogP contribution in [0, 0.1) is 12.9 Å². The second kappa shape index (κ2) is 6.65. The van der Waals surface area contributed by atoms with Gasteiger partial charge in [-0.25, -0.2) is 9.97 Å². The average Bonchev–Trinajstić information content (AvgIpc) is 3.05. The Morgan fingerprint density at radius 1 is 1.08 bits per heavy atom. The molecule has 0 aliphatic heterocycles. The highest BCUT2D eigenvalue weighted by molar-refractivity contribution is 7.21. The number of benzene rings is 2. The number of aryl methyl sites for hydroxylation is 1. The summed E-state index contributed by atoms with van der Waals surface area (Å²) >= 11 is 1.64. The predicted octanol–water partition coefficient (Wildman–Crippen LogP) is 5.06. The quantitative estimate of drug-likeness (QED) is 0.518. The lowest BCUT2D eigenvalue weighted by molar-refractivity contribution is 0.102. The number of hydrogen-bond donors (Lipinski definition) is 1. The molecule has 0 bridgehead atoms. The van der Waals surface area contributed by atoms with Crippen LogP contribution in [0.15, 0.2) is 60.8 Å². The van der Waals surface area contributed by atoms with Crippen LogP contribution in [-0.2, 0) is 0 Å². The second-order valence-corrected chi connectivity index (χ2v) is 6.92.